The lowest BCUT2D eigenvalue weighted by atomic mass is 9.80. The van der Waals surface area contributed by atoms with Gasteiger partial charge in [0.05, 0.1) is 5.41 Å². The van der Waals surface area contributed by atoms with Crippen molar-refractivity contribution >= 4 is 5.91 Å². The molecule has 2 unspecified atom stereocenters. The second-order valence-electron chi connectivity index (χ2n) is 8.09. The Balaban J connectivity index is 1.31. The number of halogens is 1. The van der Waals surface area contributed by atoms with Crippen LogP contribution < -0.4 is 10.6 Å². The Morgan fingerprint density at radius 2 is 1.96 bits per heavy atom. The third-order valence-electron chi connectivity index (χ3n) is 6.16. The van der Waals surface area contributed by atoms with Crippen LogP contribution in [-0.2, 0) is 17.8 Å². The number of aryl methyl sites for hydroxylation is 1. The summed E-state index contributed by atoms with van der Waals surface area (Å²) in [6, 6.07) is 17.3. The van der Waals surface area contributed by atoms with Gasteiger partial charge in [0.25, 0.3) is 0 Å². The number of fused-ring (bicyclic) bond motifs is 1. The van der Waals surface area contributed by atoms with Gasteiger partial charge in [-0.2, -0.15) is 0 Å². The van der Waals surface area contributed by atoms with Gasteiger partial charge in [0.2, 0.25) is 5.91 Å². The van der Waals surface area contributed by atoms with Crippen molar-refractivity contribution in [1.82, 2.24) is 15.5 Å². The molecular formula is C23H28FN3O. The molecule has 0 radical (unpaired) electrons. The minimum atomic E-state index is -0.340. The fourth-order valence-electron chi connectivity index (χ4n) is 4.67. The summed E-state index contributed by atoms with van der Waals surface area (Å²) in [7, 11) is 0. The Morgan fingerprint density at radius 3 is 2.79 bits per heavy atom. The summed E-state index contributed by atoms with van der Waals surface area (Å²) < 4.78 is 13.7. The highest BCUT2D eigenvalue weighted by Gasteiger charge is 2.54. The number of carbonyl (C=O) groups is 1. The first-order chi connectivity index (χ1) is 13.7. The minimum absolute atomic E-state index is 0.145. The van der Waals surface area contributed by atoms with Gasteiger partial charge in [-0.1, -0.05) is 48.5 Å². The van der Waals surface area contributed by atoms with Gasteiger partial charge in [-0.25, -0.2) is 4.39 Å². The van der Waals surface area contributed by atoms with Crippen molar-refractivity contribution in [2.45, 2.75) is 19.4 Å². The van der Waals surface area contributed by atoms with Crippen molar-refractivity contribution < 1.29 is 9.18 Å². The van der Waals surface area contributed by atoms with E-state index in [9.17, 15) is 9.18 Å². The molecule has 2 fully saturated rings. The van der Waals surface area contributed by atoms with Gasteiger partial charge >= 0.3 is 0 Å². The molecule has 2 heterocycles. The molecule has 1 amide bonds. The SMILES string of the molecule is O=C(NCCCc1ccccc1F)C12CNCC1CN(Cc1ccccc1)C2. The molecule has 2 aromatic rings. The zero-order valence-corrected chi connectivity index (χ0v) is 16.2. The van der Waals surface area contributed by atoms with Crippen LogP contribution in [0.15, 0.2) is 54.6 Å². The lowest BCUT2D eigenvalue weighted by molar-refractivity contribution is -0.130. The molecule has 148 valence electrons. The van der Waals surface area contributed by atoms with Crippen molar-refractivity contribution in [1.29, 1.82) is 0 Å². The van der Waals surface area contributed by atoms with Gasteiger partial charge in [0.15, 0.2) is 0 Å². The van der Waals surface area contributed by atoms with Gasteiger partial charge in [0, 0.05) is 45.2 Å². The van der Waals surface area contributed by atoms with Crippen molar-refractivity contribution in [3.05, 3.63) is 71.5 Å². The lowest BCUT2D eigenvalue weighted by Gasteiger charge is -2.27. The van der Waals surface area contributed by atoms with Crippen molar-refractivity contribution in [2.75, 3.05) is 32.7 Å². The van der Waals surface area contributed by atoms with E-state index >= 15 is 0 Å². The molecular weight excluding hydrogens is 353 g/mol. The molecule has 0 spiro atoms. The third kappa shape index (κ3) is 3.96. The Labute approximate surface area is 166 Å². The molecule has 0 saturated carbocycles. The second kappa shape index (κ2) is 8.41. The Morgan fingerprint density at radius 1 is 1.18 bits per heavy atom. The topological polar surface area (TPSA) is 44.4 Å². The number of likely N-dealkylation sites (tertiary alicyclic amines) is 1. The first-order valence-electron chi connectivity index (χ1n) is 10.2. The maximum Gasteiger partial charge on any atom is 0.229 e. The number of rotatable bonds is 7. The molecule has 0 aliphatic carbocycles. The van der Waals surface area contributed by atoms with E-state index in [0.29, 0.717) is 24.4 Å². The van der Waals surface area contributed by atoms with E-state index in [4.69, 9.17) is 0 Å². The third-order valence-corrected chi connectivity index (χ3v) is 6.16. The van der Waals surface area contributed by atoms with Crippen LogP contribution in [0.25, 0.3) is 0 Å². The van der Waals surface area contributed by atoms with Gasteiger partial charge < -0.3 is 10.6 Å². The highest BCUT2D eigenvalue weighted by Crippen LogP contribution is 2.39. The van der Waals surface area contributed by atoms with E-state index in [-0.39, 0.29) is 17.1 Å². The highest BCUT2D eigenvalue weighted by atomic mass is 19.1. The molecule has 5 heteroatoms. The first kappa shape index (κ1) is 19.1. The Kier molecular flexibility index (Phi) is 5.74. The lowest BCUT2D eigenvalue weighted by Crippen LogP contribution is -2.47. The smallest absolute Gasteiger partial charge is 0.229 e. The zero-order chi connectivity index (χ0) is 19.4. The monoisotopic (exact) mass is 381 g/mol. The van der Waals surface area contributed by atoms with Crippen LogP contribution in [0, 0.1) is 17.2 Å². The number of carbonyl (C=O) groups excluding carboxylic acids is 1. The normalized spacial score (nSPS) is 24.2. The van der Waals surface area contributed by atoms with Crippen LogP contribution in [0.1, 0.15) is 17.5 Å². The molecule has 4 rings (SSSR count). The number of hydrogen-bond acceptors (Lipinski definition) is 3. The molecule has 2 aromatic carbocycles. The van der Waals surface area contributed by atoms with E-state index in [1.807, 2.05) is 18.2 Å². The molecule has 2 saturated heterocycles. The molecule has 4 nitrogen and oxygen atoms in total. The van der Waals surface area contributed by atoms with Crippen LogP contribution in [0.5, 0.6) is 0 Å². The summed E-state index contributed by atoms with van der Waals surface area (Å²) in [5.41, 5.74) is 1.66. The highest BCUT2D eigenvalue weighted by molar-refractivity contribution is 5.84. The molecule has 2 N–H and O–H groups in total. The van der Waals surface area contributed by atoms with Gasteiger partial charge in [-0.15, -0.1) is 0 Å². The number of amides is 1. The van der Waals surface area contributed by atoms with Crippen LogP contribution in [0.3, 0.4) is 0 Å². The van der Waals surface area contributed by atoms with Gasteiger partial charge in [-0.3, -0.25) is 9.69 Å². The zero-order valence-electron chi connectivity index (χ0n) is 16.2. The van der Waals surface area contributed by atoms with E-state index < -0.39 is 0 Å². The van der Waals surface area contributed by atoms with Crippen LogP contribution in [0.2, 0.25) is 0 Å². The molecule has 2 aliphatic heterocycles. The quantitative estimate of drug-likeness (QED) is 0.725. The predicted molar refractivity (Wildman–Crippen MR) is 108 cm³/mol. The van der Waals surface area contributed by atoms with Gasteiger partial charge in [-0.05, 0) is 30.0 Å². The summed E-state index contributed by atoms with van der Waals surface area (Å²) in [6.07, 6.45) is 1.39. The van der Waals surface area contributed by atoms with Crippen LogP contribution >= 0.6 is 0 Å². The average Bonchev–Trinajstić information content (AvgIpc) is 3.25. The number of nitrogens with zero attached hydrogens (tertiary/aromatic N) is 1. The van der Waals surface area contributed by atoms with Crippen molar-refractivity contribution in [2.24, 2.45) is 11.3 Å². The average molecular weight is 381 g/mol. The fraction of sp³-hybridized carbons (Fsp3) is 0.435. The van der Waals surface area contributed by atoms with E-state index in [1.165, 1.54) is 11.6 Å². The maximum atomic E-state index is 13.7. The maximum absolute atomic E-state index is 13.7. The summed E-state index contributed by atoms with van der Waals surface area (Å²) in [4.78, 5) is 15.5. The number of benzene rings is 2. The van der Waals surface area contributed by atoms with Crippen molar-refractivity contribution in [3.63, 3.8) is 0 Å². The molecule has 2 atom stereocenters. The second-order valence-corrected chi connectivity index (χ2v) is 8.09. The Bertz CT molecular complexity index is 813. The molecule has 0 aromatic heterocycles. The number of hydrogen-bond donors (Lipinski definition) is 2. The fourth-order valence-corrected chi connectivity index (χ4v) is 4.67. The molecule has 0 bridgehead atoms. The standard InChI is InChI=1S/C23H28FN3O/c24-21-11-5-4-9-19(21)10-6-12-26-22(28)23-16-25-13-20(23)15-27(17-23)14-18-7-2-1-3-8-18/h1-5,7-9,11,20,25H,6,10,12-17H2,(H,26,28). The summed E-state index contributed by atoms with van der Waals surface area (Å²) in [5, 5.41) is 6.55. The predicted octanol–water partition coefficient (Wildman–Crippen LogP) is 2.60. The van der Waals surface area contributed by atoms with E-state index in [2.05, 4.69) is 39.8 Å². The van der Waals surface area contributed by atoms with E-state index in [0.717, 1.165) is 39.1 Å². The summed E-state index contributed by atoms with van der Waals surface area (Å²) in [5.74, 6) is 0.328. The molecule has 2 aliphatic rings. The summed E-state index contributed by atoms with van der Waals surface area (Å²) >= 11 is 0. The minimum Gasteiger partial charge on any atom is -0.356 e. The van der Waals surface area contributed by atoms with Gasteiger partial charge in [0.1, 0.15) is 5.82 Å². The molecule has 28 heavy (non-hydrogen) atoms. The number of nitrogens with one attached hydrogen (secondary N) is 2. The van der Waals surface area contributed by atoms with Crippen LogP contribution in [0.4, 0.5) is 4.39 Å². The summed E-state index contributed by atoms with van der Waals surface area (Å²) in [6.45, 7) is 4.85. The first-order valence-corrected chi connectivity index (χ1v) is 10.2. The van der Waals surface area contributed by atoms with E-state index in [1.54, 1.807) is 6.07 Å². The van der Waals surface area contributed by atoms with Crippen molar-refractivity contribution in [3.8, 4) is 0 Å². The Hall–Kier alpha value is -2.24. The van der Waals surface area contributed by atoms with Crippen LogP contribution in [-0.4, -0.2) is 43.5 Å². The largest absolute Gasteiger partial charge is 0.356 e.